The lowest BCUT2D eigenvalue weighted by Gasteiger charge is -1.99. The SMILES string of the molecule is C=CCNC(=O)c1ccc(C)nn1. The van der Waals surface area contributed by atoms with E-state index in [1.54, 1.807) is 18.2 Å². The Morgan fingerprint density at radius 2 is 2.38 bits per heavy atom. The van der Waals surface area contributed by atoms with Crippen LogP contribution in [0.4, 0.5) is 0 Å². The second-order valence-corrected chi connectivity index (χ2v) is 2.56. The minimum Gasteiger partial charge on any atom is -0.347 e. The minimum atomic E-state index is -0.229. The van der Waals surface area contributed by atoms with E-state index in [9.17, 15) is 4.79 Å². The van der Waals surface area contributed by atoms with Crippen molar-refractivity contribution < 1.29 is 4.79 Å². The first kappa shape index (κ1) is 9.38. The summed E-state index contributed by atoms with van der Waals surface area (Å²) in [6, 6.07) is 3.39. The highest BCUT2D eigenvalue weighted by Gasteiger charge is 2.04. The van der Waals surface area contributed by atoms with Crippen molar-refractivity contribution in [1.82, 2.24) is 15.5 Å². The van der Waals surface area contributed by atoms with Crippen LogP contribution in [-0.2, 0) is 0 Å². The van der Waals surface area contributed by atoms with E-state index in [2.05, 4.69) is 22.1 Å². The number of carbonyl (C=O) groups excluding carboxylic acids is 1. The summed E-state index contributed by atoms with van der Waals surface area (Å²) in [6.45, 7) is 5.75. The van der Waals surface area contributed by atoms with Crippen LogP contribution < -0.4 is 5.32 Å². The summed E-state index contributed by atoms with van der Waals surface area (Å²) in [5.41, 5.74) is 1.12. The third-order valence-corrected chi connectivity index (χ3v) is 1.44. The first-order valence-electron chi connectivity index (χ1n) is 3.93. The third-order valence-electron chi connectivity index (χ3n) is 1.44. The van der Waals surface area contributed by atoms with E-state index in [0.29, 0.717) is 12.2 Å². The zero-order valence-electron chi connectivity index (χ0n) is 7.45. The summed E-state index contributed by atoms with van der Waals surface area (Å²) >= 11 is 0. The molecule has 0 fully saturated rings. The summed E-state index contributed by atoms with van der Waals surface area (Å²) < 4.78 is 0. The molecule has 0 atom stereocenters. The monoisotopic (exact) mass is 177 g/mol. The van der Waals surface area contributed by atoms with E-state index in [1.807, 2.05) is 6.92 Å². The summed E-state index contributed by atoms with van der Waals surface area (Å²) in [5.74, 6) is -0.229. The normalized spacial score (nSPS) is 9.31. The topological polar surface area (TPSA) is 54.9 Å². The molecule has 13 heavy (non-hydrogen) atoms. The molecule has 1 rings (SSSR count). The zero-order chi connectivity index (χ0) is 9.68. The van der Waals surface area contributed by atoms with E-state index in [1.165, 1.54) is 0 Å². The number of aromatic nitrogens is 2. The van der Waals surface area contributed by atoms with Crippen molar-refractivity contribution in [3.63, 3.8) is 0 Å². The lowest BCUT2D eigenvalue weighted by Crippen LogP contribution is -2.24. The van der Waals surface area contributed by atoms with Gasteiger partial charge >= 0.3 is 0 Å². The number of rotatable bonds is 3. The zero-order valence-corrected chi connectivity index (χ0v) is 7.45. The standard InChI is InChI=1S/C9H11N3O/c1-3-6-10-9(13)8-5-4-7(2)11-12-8/h3-5H,1,6H2,2H3,(H,10,13). The van der Waals surface area contributed by atoms with Crippen LogP contribution in [0.25, 0.3) is 0 Å². The van der Waals surface area contributed by atoms with Crippen LogP contribution in [0.15, 0.2) is 24.8 Å². The molecular formula is C9H11N3O. The lowest BCUT2D eigenvalue weighted by molar-refractivity contribution is 0.0952. The molecular weight excluding hydrogens is 166 g/mol. The maximum atomic E-state index is 11.3. The molecule has 1 N–H and O–H groups in total. The van der Waals surface area contributed by atoms with Gasteiger partial charge in [-0.3, -0.25) is 4.79 Å². The number of carbonyl (C=O) groups is 1. The molecule has 0 saturated carbocycles. The van der Waals surface area contributed by atoms with Gasteiger partial charge in [-0.25, -0.2) is 0 Å². The van der Waals surface area contributed by atoms with Gasteiger partial charge in [-0.05, 0) is 19.1 Å². The number of nitrogens with zero attached hydrogens (tertiary/aromatic N) is 2. The van der Waals surface area contributed by atoms with E-state index >= 15 is 0 Å². The molecule has 0 aliphatic heterocycles. The largest absolute Gasteiger partial charge is 0.347 e. The van der Waals surface area contributed by atoms with Gasteiger partial charge in [-0.2, -0.15) is 5.10 Å². The molecule has 1 amide bonds. The molecule has 1 heterocycles. The van der Waals surface area contributed by atoms with Crippen LogP contribution in [0.5, 0.6) is 0 Å². The fourth-order valence-electron chi connectivity index (χ4n) is 0.775. The second-order valence-electron chi connectivity index (χ2n) is 2.56. The van der Waals surface area contributed by atoms with Gasteiger partial charge in [0.25, 0.3) is 5.91 Å². The molecule has 0 spiro atoms. The maximum absolute atomic E-state index is 11.3. The predicted octanol–water partition coefficient (Wildman–Crippen LogP) is 0.701. The summed E-state index contributed by atoms with van der Waals surface area (Å²) in [7, 11) is 0. The second kappa shape index (κ2) is 4.35. The molecule has 0 bridgehead atoms. The molecule has 1 aromatic rings. The van der Waals surface area contributed by atoms with E-state index < -0.39 is 0 Å². The quantitative estimate of drug-likeness (QED) is 0.691. The van der Waals surface area contributed by atoms with Gasteiger partial charge in [-0.15, -0.1) is 11.7 Å². The van der Waals surface area contributed by atoms with Crippen LogP contribution in [-0.4, -0.2) is 22.6 Å². The van der Waals surface area contributed by atoms with Gasteiger partial charge in [0.2, 0.25) is 0 Å². The van der Waals surface area contributed by atoms with Gasteiger partial charge in [0, 0.05) is 6.54 Å². The molecule has 0 aliphatic carbocycles. The first-order valence-corrected chi connectivity index (χ1v) is 3.93. The van der Waals surface area contributed by atoms with E-state index in [0.717, 1.165) is 5.69 Å². The average molecular weight is 177 g/mol. The van der Waals surface area contributed by atoms with Crippen LogP contribution in [0.3, 0.4) is 0 Å². The number of nitrogens with one attached hydrogen (secondary N) is 1. The van der Waals surface area contributed by atoms with Gasteiger partial charge < -0.3 is 5.32 Å². The molecule has 4 nitrogen and oxygen atoms in total. The van der Waals surface area contributed by atoms with Gasteiger partial charge in [0.15, 0.2) is 5.69 Å². The van der Waals surface area contributed by atoms with Crippen LogP contribution >= 0.6 is 0 Å². The lowest BCUT2D eigenvalue weighted by atomic mass is 10.3. The maximum Gasteiger partial charge on any atom is 0.272 e. The molecule has 0 aliphatic rings. The number of amides is 1. The van der Waals surface area contributed by atoms with Crippen molar-refractivity contribution >= 4 is 5.91 Å². The number of hydrogen-bond acceptors (Lipinski definition) is 3. The molecule has 4 heteroatoms. The van der Waals surface area contributed by atoms with Crippen molar-refractivity contribution in [2.75, 3.05) is 6.54 Å². The smallest absolute Gasteiger partial charge is 0.272 e. The van der Waals surface area contributed by atoms with Crippen molar-refractivity contribution in [3.05, 3.63) is 36.2 Å². The fourth-order valence-corrected chi connectivity index (χ4v) is 0.775. The van der Waals surface area contributed by atoms with Crippen LogP contribution in [0.2, 0.25) is 0 Å². The van der Waals surface area contributed by atoms with E-state index in [-0.39, 0.29) is 5.91 Å². The highest BCUT2D eigenvalue weighted by molar-refractivity contribution is 5.92. The Balaban J connectivity index is 2.66. The Morgan fingerprint density at radius 1 is 1.62 bits per heavy atom. The first-order chi connectivity index (χ1) is 6.24. The number of aryl methyl sites for hydroxylation is 1. The average Bonchev–Trinajstić information content (AvgIpc) is 2.15. The van der Waals surface area contributed by atoms with Crippen LogP contribution in [0.1, 0.15) is 16.2 Å². The highest BCUT2D eigenvalue weighted by atomic mass is 16.1. The summed E-state index contributed by atoms with van der Waals surface area (Å²) in [5, 5.41) is 10.1. The molecule has 0 saturated heterocycles. The Bertz CT molecular complexity index is 305. The molecule has 1 aromatic heterocycles. The highest BCUT2D eigenvalue weighted by Crippen LogP contribution is 1.94. The fraction of sp³-hybridized carbons (Fsp3) is 0.222. The Kier molecular flexibility index (Phi) is 3.14. The molecule has 0 radical (unpaired) electrons. The van der Waals surface area contributed by atoms with Crippen molar-refractivity contribution in [1.29, 1.82) is 0 Å². The van der Waals surface area contributed by atoms with Crippen molar-refractivity contribution in [2.24, 2.45) is 0 Å². The Hall–Kier alpha value is -1.71. The van der Waals surface area contributed by atoms with Crippen molar-refractivity contribution in [3.8, 4) is 0 Å². The molecule has 0 unspecified atom stereocenters. The van der Waals surface area contributed by atoms with Gasteiger partial charge in [0.05, 0.1) is 5.69 Å². The number of hydrogen-bond donors (Lipinski definition) is 1. The Labute approximate surface area is 76.7 Å². The van der Waals surface area contributed by atoms with E-state index in [4.69, 9.17) is 0 Å². The third kappa shape index (κ3) is 2.66. The van der Waals surface area contributed by atoms with Crippen LogP contribution in [0, 0.1) is 6.92 Å². The summed E-state index contributed by atoms with van der Waals surface area (Å²) in [6.07, 6.45) is 1.61. The summed E-state index contributed by atoms with van der Waals surface area (Å²) in [4.78, 5) is 11.3. The molecule has 0 aromatic carbocycles. The molecule has 68 valence electrons. The Morgan fingerprint density at radius 3 is 2.92 bits per heavy atom. The minimum absolute atomic E-state index is 0.229. The van der Waals surface area contributed by atoms with Gasteiger partial charge in [-0.1, -0.05) is 6.08 Å². The predicted molar refractivity (Wildman–Crippen MR) is 49.3 cm³/mol. The van der Waals surface area contributed by atoms with Gasteiger partial charge in [0.1, 0.15) is 0 Å². The van der Waals surface area contributed by atoms with Crippen molar-refractivity contribution in [2.45, 2.75) is 6.92 Å².